The third-order valence-electron chi connectivity index (χ3n) is 2.47. The third-order valence-corrected chi connectivity index (χ3v) is 2.47. The van der Waals surface area contributed by atoms with Gasteiger partial charge < -0.3 is 10.5 Å². The molecule has 0 amide bonds. The van der Waals surface area contributed by atoms with Gasteiger partial charge in [0.05, 0.1) is 5.54 Å². The lowest BCUT2D eigenvalue weighted by molar-refractivity contribution is -0.0140. The van der Waals surface area contributed by atoms with Gasteiger partial charge in [-0.1, -0.05) is 0 Å². The lowest BCUT2D eigenvalue weighted by atomic mass is 9.79. The van der Waals surface area contributed by atoms with Gasteiger partial charge in [0.15, 0.2) is 0 Å². The lowest BCUT2D eigenvalue weighted by Gasteiger charge is -2.40. The molecule has 0 unspecified atom stereocenters. The van der Waals surface area contributed by atoms with E-state index in [1.54, 1.807) is 7.11 Å². The molecule has 1 saturated carbocycles. The molecule has 1 aliphatic rings. The highest BCUT2D eigenvalue weighted by Gasteiger charge is 2.41. The molecule has 76 valence electrons. The second kappa shape index (κ2) is 3.29. The SMILES string of the molecule is COC1(C(N)=NC(C)(C)C)CCC1. The molecule has 1 fully saturated rings. The minimum atomic E-state index is -0.243. The van der Waals surface area contributed by atoms with Gasteiger partial charge in [0, 0.05) is 7.11 Å². The van der Waals surface area contributed by atoms with Crippen LogP contribution in [0.5, 0.6) is 0 Å². The molecule has 0 aromatic heterocycles. The molecular weight excluding hydrogens is 164 g/mol. The van der Waals surface area contributed by atoms with E-state index in [9.17, 15) is 0 Å². The number of nitrogens with two attached hydrogens (primary N) is 1. The van der Waals surface area contributed by atoms with E-state index in [1.807, 2.05) is 20.8 Å². The molecule has 0 atom stereocenters. The first-order valence-electron chi connectivity index (χ1n) is 4.81. The normalized spacial score (nSPS) is 22.6. The molecule has 0 heterocycles. The number of rotatable bonds is 2. The number of hydrogen-bond acceptors (Lipinski definition) is 2. The Bertz CT molecular complexity index is 206. The number of ether oxygens (including phenoxy) is 1. The number of aliphatic imine (C=N–C) groups is 1. The van der Waals surface area contributed by atoms with Crippen LogP contribution in [-0.2, 0) is 4.74 Å². The van der Waals surface area contributed by atoms with Crippen molar-refractivity contribution < 1.29 is 4.74 Å². The summed E-state index contributed by atoms with van der Waals surface area (Å²) < 4.78 is 5.43. The molecule has 0 spiro atoms. The molecule has 13 heavy (non-hydrogen) atoms. The molecule has 0 aromatic carbocycles. The van der Waals surface area contributed by atoms with Crippen LogP contribution < -0.4 is 5.73 Å². The first-order chi connectivity index (χ1) is 5.90. The minimum Gasteiger partial charge on any atom is -0.385 e. The van der Waals surface area contributed by atoms with Gasteiger partial charge in [-0.15, -0.1) is 0 Å². The Labute approximate surface area is 80.4 Å². The zero-order chi connectivity index (χ0) is 10.1. The van der Waals surface area contributed by atoms with Crippen LogP contribution in [0.15, 0.2) is 4.99 Å². The maximum absolute atomic E-state index is 5.94. The summed E-state index contributed by atoms with van der Waals surface area (Å²) in [5.41, 5.74) is 5.59. The first kappa shape index (κ1) is 10.5. The minimum absolute atomic E-state index is 0.106. The van der Waals surface area contributed by atoms with Crippen molar-refractivity contribution in [3.05, 3.63) is 0 Å². The van der Waals surface area contributed by atoms with E-state index in [1.165, 1.54) is 6.42 Å². The van der Waals surface area contributed by atoms with Crippen LogP contribution in [0.25, 0.3) is 0 Å². The standard InChI is InChI=1S/C10H20N2O/c1-9(2,3)12-8(11)10(13-4)6-5-7-10/h5-7H2,1-4H3,(H2,11,12). The number of hydrogen-bond donors (Lipinski definition) is 1. The first-order valence-corrected chi connectivity index (χ1v) is 4.81. The van der Waals surface area contributed by atoms with E-state index in [4.69, 9.17) is 10.5 Å². The van der Waals surface area contributed by atoms with Gasteiger partial charge in [0.1, 0.15) is 11.4 Å². The summed E-state index contributed by atoms with van der Waals surface area (Å²) in [5.74, 6) is 0.661. The predicted molar refractivity (Wildman–Crippen MR) is 55.0 cm³/mol. The zero-order valence-corrected chi connectivity index (χ0v) is 9.05. The highest BCUT2D eigenvalue weighted by atomic mass is 16.5. The topological polar surface area (TPSA) is 47.6 Å². The van der Waals surface area contributed by atoms with Crippen molar-refractivity contribution >= 4 is 5.84 Å². The van der Waals surface area contributed by atoms with Crippen molar-refractivity contribution in [1.82, 2.24) is 0 Å². The Morgan fingerprint density at radius 3 is 2.15 bits per heavy atom. The number of nitrogens with zero attached hydrogens (tertiary/aromatic N) is 1. The largest absolute Gasteiger partial charge is 0.385 e. The Kier molecular flexibility index (Phi) is 2.66. The van der Waals surface area contributed by atoms with Crippen LogP contribution in [0.4, 0.5) is 0 Å². The smallest absolute Gasteiger partial charge is 0.127 e. The summed E-state index contributed by atoms with van der Waals surface area (Å²) in [5, 5.41) is 0. The van der Waals surface area contributed by atoms with Gasteiger partial charge in [0.25, 0.3) is 0 Å². The van der Waals surface area contributed by atoms with Crippen LogP contribution in [0, 0.1) is 0 Å². The Balaban J connectivity index is 2.75. The second-order valence-corrected chi connectivity index (χ2v) is 4.72. The van der Waals surface area contributed by atoms with E-state index in [2.05, 4.69) is 4.99 Å². The van der Waals surface area contributed by atoms with E-state index < -0.39 is 0 Å². The number of methoxy groups -OCH3 is 1. The van der Waals surface area contributed by atoms with Gasteiger partial charge >= 0.3 is 0 Å². The summed E-state index contributed by atoms with van der Waals surface area (Å²) in [6, 6.07) is 0. The van der Waals surface area contributed by atoms with Crippen molar-refractivity contribution in [3.8, 4) is 0 Å². The van der Waals surface area contributed by atoms with Crippen LogP contribution in [0.1, 0.15) is 40.0 Å². The van der Waals surface area contributed by atoms with Gasteiger partial charge in [-0.3, -0.25) is 4.99 Å². The number of amidine groups is 1. The molecule has 1 aliphatic carbocycles. The average Bonchev–Trinajstić information content (AvgIpc) is 1.80. The molecule has 0 bridgehead atoms. The highest BCUT2D eigenvalue weighted by molar-refractivity contribution is 5.90. The van der Waals surface area contributed by atoms with Crippen molar-refractivity contribution in [2.75, 3.05) is 7.11 Å². The average molecular weight is 184 g/mol. The van der Waals surface area contributed by atoms with E-state index in [0.29, 0.717) is 5.84 Å². The van der Waals surface area contributed by atoms with Crippen molar-refractivity contribution in [3.63, 3.8) is 0 Å². The van der Waals surface area contributed by atoms with Gasteiger partial charge in [0.2, 0.25) is 0 Å². The summed E-state index contributed by atoms with van der Waals surface area (Å²) >= 11 is 0. The van der Waals surface area contributed by atoms with Gasteiger partial charge in [-0.25, -0.2) is 0 Å². The summed E-state index contributed by atoms with van der Waals surface area (Å²) in [6.07, 6.45) is 3.21. The lowest BCUT2D eigenvalue weighted by Crippen LogP contribution is -2.52. The van der Waals surface area contributed by atoms with Crippen LogP contribution in [0.3, 0.4) is 0 Å². The van der Waals surface area contributed by atoms with Gasteiger partial charge in [-0.2, -0.15) is 0 Å². The highest BCUT2D eigenvalue weighted by Crippen LogP contribution is 2.35. The molecule has 3 heteroatoms. The van der Waals surface area contributed by atoms with Gasteiger partial charge in [-0.05, 0) is 40.0 Å². The summed E-state index contributed by atoms with van der Waals surface area (Å²) in [4.78, 5) is 4.44. The fraction of sp³-hybridized carbons (Fsp3) is 0.900. The van der Waals surface area contributed by atoms with Crippen LogP contribution >= 0.6 is 0 Å². The van der Waals surface area contributed by atoms with E-state index in [0.717, 1.165) is 12.8 Å². The fourth-order valence-electron chi connectivity index (χ4n) is 1.53. The second-order valence-electron chi connectivity index (χ2n) is 4.72. The summed E-state index contributed by atoms with van der Waals surface area (Å²) in [7, 11) is 1.71. The molecule has 1 rings (SSSR count). The Hall–Kier alpha value is -0.570. The van der Waals surface area contributed by atoms with Crippen molar-refractivity contribution in [2.24, 2.45) is 10.7 Å². The third kappa shape index (κ3) is 2.21. The molecular formula is C10H20N2O. The van der Waals surface area contributed by atoms with Crippen molar-refractivity contribution in [1.29, 1.82) is 0 Å². The molecule has 0 radical (unpaired) electrons. The maximum atomic E-state index is 5.94. The predicted octanol–water partition coefficient (Wildman–Crippen LogP) is 1.71. The quantitative estimate of drug-likeness (QED) is 0.524. The van der Waals surface area contributed by atoms with Crippen LogP contribution in [-0.4, -0.2) is 24.1 Å². The molecule has 0 aliphatic heterocycles. The molecule has 0 saturated heterocycles. The summed E-state index contributed by atoms with van der Waals surface area (Å²) in [6.45, 7) is 6.13. The monoisotopic (exact) mass is 184 g/mol. The van der Waals surface area contributed by atoms with E-state index in [-0.39, 0.29) is 11.1 Å². The zero-order valence-electron chi connectivity index (χ0n) is 9.05. The maximum Gasteiger partial charge on any atom is 0.127 e. The molecule has 0 aromatic rings. The Morgan fingerprint density at radius 2 is 1.92 bits per heavy atom. The Morgan fingerprint density at radius 1 is 1.38 bits per heavy atom. The molecule has 2 N–H and O–H groups in total. The van der Waals surface area contributed by atoms with Crippen LogP contribution in [0.2, 0.25) is 0 Å². The van der Waals surface area contributed by atoms with Crippen molar-refractivity contribution in [2.45, 2.75) is 51.2 Å². The van der Waals surface area contributed by atoms with E-state index >= 15 is 0 Å². The molecule has 3 nitrogen and oxygen atoms in total. The fourth-order valence-corrected chi connectivity index (χ4v) is 1.53.